The van der Waals surface area contributed by atoms with E-state index in [0.717, 1.165) is 22.0 Å². The van der Waals surface area contributed by atoms with E-state index in [9.17, 15) is 18.0 Å². The molecule has 4 rings (SSSR count). The summed E-state index contributed by atoms with van der Waals surface area (Å²) in [6, 6.07) is 17.2. The summed E-state index contributed by atoms with van der Waals surface area (Å²) in [6.07, 6.45) is 1.28. The quantitative estimate of drug-likeness (QED) is 0.450. The Kier molecular flexibility index (Phi) is 7.35. The van der Waals surface area contributed by atoms with Gasteiger partial charge in [0.1, 0.15) is 6.54 Å². The van der Waals surface area contributed by atoms with Gasteiger partial charge in [0.2, 0.25) is 11.8 Å². The predicted octanol–water partition coefficient (Wildman–Crippen LogP) is 5.26. The first-order valence-corrected chi connectivity index (χ1v) is 13.1. The van der Waals surface area contributed by atoms with Crippen LogP contribution in [-0.4, -0.2) is 33.3 Å². The summed E-state index contributed by atoms with van der Waals surface area (Å²) in [5.74, 6) is -0.511. The molecule has 10 heteroatoms. The number of halogens is 2. The number of hydrogen-bond donors (Lipinski definition) is 1. The normalized spacial score (nSPS) is 13.7. The standard InChI is InChI=1S/C25H23Cl2N3O4S/c1-17-7-10-20(15-23(17)29-13-3-6-25(29)32)28-24(31)16-30(21-5-2-4-19(27)14-21)35(33,34)22-11-8-18(26)9-12-22/h2,4-5,7-12,14-15H,3,6,13,16H2,1H3,(H,28,31). The summed E-state index contributed by atoms with van der Waals surface area (Å²) in [4.78, 5) is 26.9. The van der Waals surface area contributed by atoms with Gasteiger partial charge in [0.15, 0.2) is 0 Å². The molecule has 182 valence electrons. The number of aryl methyl sites for hydroxylation is 1. The lowest BCUT2D eigenvalue weighted by atomic mass is 10.1. The molecular formula is C25H23Cl2N3O4S. The Labute approximate surface area is 214 Å². The minimum Gasteiger partial charge on any atom is -0.324 e. The van der Waals surface area contributed by atoms with Crippen LogP contribution in [0.4, 0.5) is 17.1 Å². The van der Waals surface area contributed by atoms with Crippen molar-refractivity contribution in [2.75, 3.05) is 27.6 Å². The first-order chi connectivity index (χ1) is 16.6. The molecular weight excluding hydrogens is 509 g/mol. The molecule has 0 atom stereocenters. The molecule has 0 unspecified atom stereocenters. The van der Waals surface area contributed by atoms with Crippen LogP contribution in [0.5, 0.6) is 0 Å². The van der Waals surface area contributed by atoms with Crippen LogP contribution in [0.1, 0.15) is 18.4 Å². The van der Waals surface area contributed by atoms with Crippen molar-refractivity contribution in [2.24, 2.45) is 0 Å². The Balaban J connectivity index is 1.62. The lowest BCUT2D eigenvalue weighted by Gasteiger charge is -2.24. The van der Waals surface area contributed by atoms with Gasteiger partial charge >= 0.3 is 0 Å². The fourth-order valence-corrected chi connectivity index (χ4v) is 5.62. The number of rotatable bonds is 7. The summed E-state index contributed by atoms with van der Waals surface area (Å²) in [5, 5.41) is 3.48. The van der Waals surface area contributed by atoms with Gasteiger partial charge < -0.3 is 10.2 Å². The highest BCUT2D eigenvalue weighted by Crippen LogP contribution is 2.29. The average Bonchev–Trinajstić information content (AvgIpc) is 3.24. The molecule has 0 aliphatic carbocycles. The Morgan fingerprint density at radius 2 is 1.77 bits per heavy atom. The Morgan fingerprint density at radius 3 is 2.43 bits per heavy atom. The van der Waals surface area contributed by atoms with Gasteiger partial charge in [-0.3, -0.25) is 13.9 Å². The number of hydrogen-bond acceptors (Lipinski definition) is 4. The Hall–Kier alpha value is -3.07. The number of amides is 2. The van der Waals surface area contributed by atoms with Gasteiger partial charge in [0, 0.05) is 34.4 Å². The molecule has 0 spiro atoms. The predicted molar refractivity (Wildman–Crippen MR) is 139 cm³/mol. The molecule has 0 saturated carbocycles. The molecule has 2 amide bonds. The van der Waals surface area contributed by atoms with Crippen LogP contribution < -0.4 is 14.5 Å². The maximum absolute atomic E-state index is 13.5. The van der Waals surface area contributed by atoms with E-state index in [1.807, 2.05) is 13.0 Å². The molecule has 1 aliphatic heterocycles. The van der Waals surface area contributed by atoms with Crippen LogP contribution in [0.2, 0.25) is 10.0 Å². The number of carbonyl (C=O) groups is 2. The molecule has 0 radical (unpaired) electrons. The third-order valence-corrected chi connectivity index (χ3v) is 7.92. The van der Waals surface area contributed by atoms with Crippen LogP contribution in [0.3, 0.4) is 0 Å². The number of nitrogens with one attached hydrogen (secondary N) is 1. The number of sulfonamides is 1. The van der Waals surface area contributed by atoms with E-state index in [4.69, 9.17) is 23.2 Å². The first kappa shape index (κ1) is 25.0. The third kappa shape index (κ3) is 5.61. The van der Waals surface area contributed by atoms with Gasteiger partial charge in [-0.15, -0.1) is 0 Å². The van der Waals surface area contributed by atoms with E-state index in [1.165, 1.54) is 30.3 Å². The summed E-state index contributed by atoms with van der Waals surface area (Å²) >= 11 is 12.0. The molecule has 7 nitrogen and oxygen atoms in total. The van der Waals surface area contributed by atoms with Gasteiger partial charge in [0.05, 0.1) is 10.6 Å². The van der Waals surface area contributed by atoms with Crippen molar-refractivity contribution in [2.45, 2.75) is 24.7 Å². The highest BCUT2D eigenvalue weighted by Gasteiger charge is 2.28. The third-order valence-electron chi connectivity index (χ3n) is 5.64. The highest BCUT2D eigenvalue weighted by molar-refractivity contribution is 7.92. The largest absolute Gasteiger partial charge is 0.324 e. The molecule has 3 aromatic carbocycles. The second kappa shape index (κ2) is 10.3. The van der Waals surface area contributed by atoms with Gasteiger partial charge in [-0.05, 0) is 73.5 Å². The van der Waals surface area contributed by atoms with Crippen LogP contribution in [0, 0.1) is 6.92 Å². The van der Waals surface area contributed by atoms with Crippen LogP contribution in [0.25, 0.3) is 0 Å². The van der Waals surface area contributed by atoms with Gasteiger partial charge in [-0.2, -0.15) is 0 Å². The number of anilines is 3. The van der Waals surface area contributed by atoms with Crippen LogP contribution in [0.15, 0.2) is 71.6 Å². The second-order valence-electron chi connectivity index (χ2n) is 8.14. The molecule has 1 aliphatic rings. The molecule has 1 N–H and O–H groups in total. The van der Waals surface area contributed by atoms with Crippen molar-refractivity contribution in [1.29, 1.82) is 0 Å². The molecule has 1 heterocycles. The summed E-state index contributed by atoms with van der Waals surface area (Å²) < 4.78 is 27.9. The van der Waals surface area contributed by atoms with Crippen molar-refractivity contribution in [1.82, 2.24) is 0 Å². The molecule has 35 heavy (non-hydrogen) atoms. The smallest absolute Gasteiger partial charge is 0.264 e. The fraction of sp³-hybridized carbons (Fsp3) is 0.200. The van der Waals surface area contributed by atoms with Crippen molar-refractivity contribution < 1.29 is 18.0 Å². The van der Waals surface area contributed by atoms with Gasteiger partial charge in [0.25, 0.3) is 10.0 Å². The minimum atomic E-state index is -4.11. The van der Waals surface area contributed by atoms with E-state index in [0.29, 0.717) is 28.7 Å². The van der Waals surface area contributed by atoms with E-state index < -0.39 is 22.5 Å². The lowest BCUT2D eigenvalue weighted by molar-refractivity contribution is -0.117. The highest BCUT2D eigenvalue weighted by atomic mass is 35.5. The summed E-state index contributed by atoms with van der Waals surface area (Å²) in [7, 11) is -4.11. The van der Waals surface area contributed by atoms with Crippen molar-refractivity contribution in [3.63, 3.8) is 0 Å². The number of benzene rings is 3. The zero-order chi connectivity index (χ0) is 25.2. The second-order valence-corrected chi connectivity index (χ2v) is 10.9. The molecule has 1 saturated heterocycles. The zero-order valence-electron chi connectivity index (χ0n) is 18.9. The SMILES string of the molecule is Cc1ccc(NC(=O)CN(c2cccc(Cl)c2)S(=O)(=O)c2ccc(Cl)cc2)cc1N1CCCC1=O. The van der Waals surface area contributed by atoms with E-state index in [-0.39, 0.29) is 16.5 Å². The average molecular weight is 532 g/mol. The van der Waals surface area contributed by atoms with Gasteiger partial charge in [-0.1, -0.05) is 35.3 Å². The van der Waals surface area contributed by atoms with E-state index >= 15 is 0 Å². The van der Waals surface area contributed by atoms with Crippen molar-refractivity contribution in [3.8, 4) is 0 Å². The molecule has 1 fully saturated rings. The zero-order valence-corrected chi connectivity index (χ0v) is 21.2. The topological polar surface area (TPSA) is 86.8 Å². The van der Waals surface area contributed by atoms with Crippen molar-refractivity contribution in [3.05, 3.63) is 82.3 Å². The molecule has 0 aromatic heterocycles. The maximum atomic E-state index is 13.5. The van der Waals surface area contributed by atoms with Crippen LogP contribution >= 0.6 is 23.2 Å². The number of nitrogens with zero attached hydrogens (tertiary/aromatic N) is 2. The summed E-state index contributed by atoms with van der Waals surface area (Å²) in [5.41, 5.74) is 2.34. The Bertz CT molecular complexity index is 1380. The van der Waals surface area contributed by atoms with E-state index in [1.54, 1.807) is 35.2 Å². The van der Waals surface area contributed by atoms with E-state index in [2.05, 4.69) is 5.32 Å². The fourth-order valence-electron chi connectivity index (χ4n) is 3.89. The van der Waals surface area contributed by atoms with Gasteiger partial charge in [-0.25, -0.2) is 8.42 Å². The lowest BCUT2D eigenvalue weighted by Crippen LogP contribution is -2.38. The minimum absolute atomic E-state index is 0.0140. The first-order valence-electron chi connectivity index (χ1n) is 10.9. The Morgan fingerprint density at radius 1 is 1.03 bits per heavy atom. The molecule has 0 bridgehead atoms. The monoisotopic (exact) mass is 531 g/mol. The van der Waals surface area contributed by atoms with Crippen LogP contribution in [-0.2, 0) is 19.6 Å². The molecule has 3 aromatic rings. The van der Waals surface area contributed by atoms with Crippen molar-refractivity contribution >= 4 is 62.1 Å². The summed E-state index contributed by atoms with van der Waals surface area (Å²) in [6.45, 7) is 2.03. The number of carbonyl (C=O) groups excluding carboxylic acids is 2. The maximum Gasteiger partial charge on any atom is 0.264 e.